The highest BCUT2D eigenvalue weighted by atomic mass is 79.9. The van der Waals surface area contributed by atoms with Gasteiger partial charge in [-0.05, 0) is 87.7 Å². The van der Waals surface area contributed by atoms with E-state index in [1.165, 1.54) is 73.2 Å². The Balaban J connectivity index is 0.00000150. The van der Waals surface area contributed by atoms with Gasteiger partial charge in [0.2, 0.25) is 0 Å². The summed E-state index contributed by atoms with van der Waals surface area (Å²) in [5.41, 5.74) is 8.67. The second-order valence-corrected chi connectivity index (χ2v) is 9.51. The van der Waals surface area contributed by atoms with E-state index < -0.39 is 0 Å². The SMILES string of the molecule is Cl.Cl.NCCCNC1CCC(c2cn(C3CCCCC3)c3ccc(Br)cc23)CC1. The Morgan fingerprint density at radius 1 is 1.00 bits per heavy atom. The highest BCUT2D eigenvalue weighted by molar-refractivity contribution is 9.10. The summed E-state index contributed by atoms with van der Waals surface area (Å²) < 4.78 is 3.83. The number of hydrogen-bond acceptors (Lipinski definition) is 2. The van der Waals surface area contributed by atoms with Crippen LogP contribution in [0.2, 0.25) is 0 Å². The van der Waals surface area contributed by atoms with E-state index in [0.29, 0.717) is 18.0 Å². The van der Waals surface area contributed by atoms with Gasteiger partial charge in [0.15, 0.2) is 0 Å². The third kappa shape index (κ3) is 5.92. The zero-order valence-electron chi connectivity index (χ0n) is 17.2. The molecule has 1 aromatic carbocycles. The third-order valence-electron chi connectivity index (χ3n) is 6.77. The summed E-state index contributed by atoms with van der Waals surface area (Å²) in [6.07, 6.45) is 15.7. The quantitative estimate of drug-likeness (QED) is 0.429. The Labute approximate surface area is 196 Å². The average molecular weight is 505 g/mol. The van der Waals surface area contributed by atoms with Crippen molar-refractivity contribution in [2.24, 2.45) is 5.73 Å². The third-order valence-corrected chi connectivity index (χ3v) is 7.27. The number of halogens is 3. The van der Waals surface area contributed by atoms with E-state index in [9.17, 15) is 0 Å². The zero-order chi connectivity index (χ0) is 18.6. The lowest BCUT2D eigenvalue weighted by atomic mass is 9.81. The number of hydrogen-bond donors (Lipinski definition) is 2. The van der Waals surface area contributed by atoms with Crippen LogP contribution in [0.3, 0.4) is 0 Å². The molecule has 3 N–H and O–H groups in total. The van der Waals surface area contributed by atoms with Crippen LogP contribution in [-0.4, -0.2) is 23.7 Å². The second-order valence-electron chi connectivity index (χ2n) is 8.59. The number of nitrogens with one attached hydrogen (secondary N) is 1. The molecule has 3 nitrogen and oxygen atoms in total. The normalized spacial score (nSPS) is 22.8. The molecule has 1 aromatic heterocycles. The van der Waals surface area contributed by atoms with Gasteiger partial charge in [0, 0.05) is 33.7 Å². The first-order valence-corrected chi connectivity index (χ1v) is 11.8. The van der Waals surface area contributed by atoms with Gasteiger partial charge in [-0.15, -0.1) is 24.8 Å². The summed E-state index contributed by atoms with van der Waals surface area (Å²) in [7, 11) is 0. The van der Waals surface area contributed by atoms with Crippen LogP contribution in [0.5, 0.6) is 0 Å². The van der Waals surface area contributed by atoms with Crippen molar-refractivity contribution in [2.75, 3.05) is 13.1 Å². The fourth-order valence-corrected chi connectivity index (χ4v) is 5.62. The zero-order valence-corrected chi connectivity index (χ0v) is 20.5. The largest absolute Gasteiger partial charge is 0.344 e. The van der Waals surface area contributed by atoms with Crippen molar-refractivity contribution >= 4 is 51.6 Å². The number of benzene rings is 1. The fraction of sp³-hybridized carbons (Fsp3) is 0.652. The molecular weight excluding hydrogens is 469 g/mol. The minimum absolute atomic E-state index is 0. The topological polar surface area (TPSA) is 43.0 Å². The van der Waals surface area contributed by atoms with Gasteiger partial charge in [-0.2, -0.15) is 0 Å². The van der Waals surface area contributed by atoms with Crippen LogP contribution >= 0.6 is 40.7 Å². The number of nitrogens with two attached hydrogens (primary N) is 1. The predicted octanol–water partition coefficient (Wildman–Crippen LogP) is 6.72. The maximum Gasteiger partial charge on any atom is 0.0486 e. The molecule has 6 heteroatoms. The first kappa shape index (κ1) is 25.0. The average Bonchev–Trinajstić information content (AvgIpc) is 3.08. The summed E-state index contributed by atoms with van der Waals surface area (Å²) in [6, 6.07) is 8.29. The summed E-state index contributed by atoms with van der Waals surface area (Å²) in [5, 5.41) is 5.19. The van der Waals surface area contributed by atoms with Crippen LogP contribution in [0.25, 0.3) is 10.9 Å². The highest BCUT2D eigenvalue weighted by Crippen LogP contribution is 2.41. The summed E-state index contributed by atoms with van der Waals surface area (Å²) in [4.78, 5) is 0. The van der Waals surface area contributed by atoms with Crippen molar-refractivity contribution in [1.82, 2.24) is 9.88 Å². The van der Waals surface area contributed by atoms with E-state index in [1.807, 2.05) is 0 Å². The van der Waals surface area contributed by atoms with Crippen molar-refractivity contribution in [2.45, 2.75) is 82.2 Å². The lowest BCUT2D eigenvalue weighted by Gasteiger charge is -2.29. The Morgan fingerprint density at radius 2 is 1.72 bits per heavy atom. The monoisotopic (exact) mass is 503 g/mol. The number of rotatable bonds is 6. The van der Waals surface area contributed by atoms with Gasteiger partial charge in [-0.3, -0.25) is 0 Å². The summed E-state index contributed by atoms with van der Waals surface area (Å²) >= 11 is 3.71. The van der Waals surface area contributed by atoms with Crippen LogP contribution < -0.4 is 11.1 Å². The molecule has 1 heterocycles. The fourth-order valence-electron chi connectivity index (χ4n) is 5.26. The predicted molar refractivity (Wildman–Crippen MR) is 133 cm³/mol. The van der Waals surface area contributed by atoms with Crippen LogP contribution in [-0.2, 0) is 0 Å². The van der Waals surface area contributed by atoms with Crippen molar-refractivity contribution in [3.8, 4) is 0 Å². The Bertz CT molecular complexity index is 750. The first-order chi connectivity index (χ1) is 13.3. The number of aromatic nitrogens is 1. The lowest BCUT2D eigenvalue weighted by molar-refractivity contribution is 0.340. The molecule has 0 radical (unpaired) electrons. The first-order valence-electron chi connectivity index (χ1n) is 11.0. The summed E-state index contributed by atoms with van der Waals surface area (Å²) in [6.45, 7) is 1.86. The molecule has 0 saturated heterocycles. The lowest BCUT2D eigenvalue weighted by Crippen LogP contribution is -2.34. The minimum atomic E-state index is 0. The molecule has 2 saturated carbocycles. The van der Waals surface area contributed by atoms with E-state index in [1.54, 1.807) is 5.56 Å². The molecule has 0 amide bonds. The van der Waals surface area contributed by atoms with Crippen molar-refractivity contribution in [3.63, 3.8) is 0 Å². The molecule has 164 valence electrons. The second kappa shape index (κ2) is 12.0. The molecule has 4 rings (SSSR count). The van der Waals surface area contributed by atoms with Gasteiger partial charge < -0.3 is 15.6 Å². The van der Waals surface area contributed by atoms with E-state index in [0.717, 1.165) is 19.5 Å². The summed E-state index contributed by atoms with van der Waals surface area (Å²) in [5.74, 6) is 0.708. The highest BCUT2D eigenvalue weighted by Gasteiger charge is 2.26. The molecule has 0 aliphatic heterocycles. The molecule has 2 fully saturated rings. The van der Waals surface area contributed by atoms with E-state index in [-0.39, 0.29) is 24.8 Å². The van der Waals surface area contributed by atoms with E-state index in [2.05, 4.69) is 50.2 Å². The van der Waals surface area contributed by atoms with Crippen molar-refractivity contribution < 1.29 is 0 Å². The molecule has 0 atom stereocenters. The molecular formula is C23H36BrCl2N3. The van der Waals surface area contributed by atoms with Crippen molar-refractivity contribution in [3.05, 3.63) is 34.4 Å². The van der Waals surface area contributed by atoms with E-state index >= 15 is 0 Å². The van der Waals surface area contributed by atoms with Gasteiger partial charge in [0.05, 0.1) is 0 Å². The number of fused-ring (bicyclic) bond motifs is 1. The van der Waals surface area contributed by atoms with E-state index in [4.69, 9.17) is 5.73 Å². The molecule has 2 aliphatic rings. The Morgan fingerprint density at radius 3 is 2.41 bits per heavy atom. The van der Waals surface area contributed by atoms with Crippen molar-refractivity contribution in [1.29, 1.82) is 0 Å². The Hall–Kier alpha value is -0.260. The van der Waals surface area contributed by atoms with Gasteiger partial charge in [0.1, 0.15) is 0 Å². The molecule has 0 unspecified atom stereocenters. The maximum atomic E-state index is 5.62. The standard InChI is InChI=1S/C23H34BrN3.2ClH/c24-18-9-12-23-21(15-18)22(16-27(23)20-5-2-1-3-6-20)17-7-10-19(11-8-17)26-14-4-13-25;;/h9,12,15-17,19-20,26H,1-8,10-11,13-14,25H2;2*1H. The van der Waals surface area contributed by atoms with Gasteiger partial charge in [0.25, 0.3) is 0 Å². The molecule has 0 bridgehead atoms. The van der Waals surface area contributed by atoms with Crippen LogP contribution in [0.15, 0.2) is 28.9 Å². The molecule has 29 heavy (non-hydrogen) atoms. The Kier molecular flexibility index (Phi) is 10.3. The van der Waals surface area contributed by atoms with Gasteiger partial charge in [-0.1, -0.05) is 35.2 Å². The van der Waals surface area contributed by atoms with Crippen LogP contribution in [0.1, 0.15) is 81.7 Å². The number of nitrogens with zero attached hydrogens (tertiary/aromatic N) is 1. The smallest absolute Gasteiger partial charge is 0.0486 e. The maximum absolute atomic E-state index is 5.62. The molecule has 2 aliphatic carbocycles. The molecule has 0 spiro atoms. The van der Waals surface area contributed by atoms with Gasteiger partial charge in [-0.25, -0.2) is 0 Å². The molecule has 2 aromatic rings. The van der Waals surface area contributed by atoms with Crippen LogP contribution in [0.4, 0.5) is 0 Å². The minimum Gasteiger partial charge on any atom is -0.344 e. The van der Waals surface area contributed by atoms with Crippen LogP contribution in [0, 0.1) is 0 Å². The van der Waals surface area contributed by atoms with Gasteiger partial charge >= 0.3 is 0 Å².